The van der Waals surface area contributed by atoms with Crippen LogP contribution in [0.3, 0.4) is 0 Å². The number of hydrogen-bond acceptors (Lipinski definition) is 5. The van der Waals surface area contributed by atoms with Gasteiger partial charge in [0.1, 0.15) is 13.2 Å². The number of unbranched alkanes of at least 4 members (excludes halogenated alkanes) is 12. The topological polar surface area (TPSA) is 105 Å². The lowest BCUT2D eigenvalue weighted by Crippen LogP contribution is -2.45. The Morgan fingerprint density at radius 2 is 1.11 bits per heavy atom. The minimum Gasteiger partial charge on any atom is -0.387 e. The zero-order valence-electron chi connectivity index (χ0n) is 35.6. The number of carbonyl (C=O) groups is 1. The first kappa shape index (κ1) is 52.7. The lowest BCUT2D eigenvalue weighted by Gasteiger charge is -2.25. The molecule has 0 saturated heterocycles. The number of carbonyl (C=O) groups excluding carboxylic acids is 1. The van der Waals surface area contributed by atoms with E-state index in [1.807, 2.05) is 27.2 Å². The Morgan fingerprint density at radius 1 is 0.636 bits per heavy atom. The van der Waals surface area contributed by atoms with Crippen LogP contribution in [-0.4, -0.2) is 73.4 Å². The van der Waals surface area contributed by atoms with Crippen LogP contribution in [0.2, 0.25) is 0 Å². The molecule has 0 bridgehead atoms. The van der Waals surface area contributed by atoms with Crippen molar-refractivity contribution >= 4 is 13.7 Å². The SMILES string of the molecule is CC/C=C\C/C=C\C/C=C\C/C=C\CCCCCCC(=O)NC(COP(=O)(O)OCC[N+](C)(C)C)C(O)/C=C/CC/C=C/CC/C=C/CCCCCCCC. The predicted octanol–water partition coefficient (Wildman–Crippen LogP) is 11.8. The van der Waals surface area contributed by atoms with Gasteiger partial charge in [0.15, 0.2) is 0 Å². The summed E-state index contributed by atoms with van der Waals surface area (Å²) in [5.41, 5.74) is 0. The molecule has 316 valence electrons. The van der Waals surface area contributed by atoms with E-state index in [1.54, 1.807) is 6.08 Å². The summed E-state index contributed by atoms with van der Waals surface area (Å²) in [5, 5.41) is 13.8. The minimum absolute atomic E-state index is 0.0437. The van der Waals surface area contributed by atoms with Gasteiger partial charge in [-0.2, -0.15) is 0 Å². The number of phosphoric ester groups is 1. The number of nitrogens with zero attached hydrogens (tertiary/aromatic N) is 1. The van der Waals surface area contributed by atoms with Gasteiger partial charge in [0.2, 0.25) is 5.91 Å². The Bertz CT molecular complexity index is 1170. The first-order valence-corrected chi connectivity index (χ1v) is 23.0. The molecule has 0 aromatic rings. The number of nitrogens with one attached hydrogen (secondary N) is 1. The number of quaternary nitrogens is 1. The number of amides is 1. The van der Waals surface area contributed by atoms with Gasteiger partial charge in [-0.3, -0.25) is 13.8 Å². The predicted molar refractivity (Wildman–Crippen MR) is 235 cm³/mol. The highest BCUT2D eigenvalue weighted by molar-refractivity contribution is 7.47. The molecule has 0 aliphatic carbocycles. The molecule has 55 heavy (non-hydrogen) atoms. The first-order chi connectivity index (χ1) is 26.5. The Kier molecular flexibility index (Phi) is 35.7. The van der Waals surface area contributed by atoms with Crippen molar-refractivity contribution in [3.8, 4) is 0 Å². The molecule has 0 aromatic heterocycles. The third kappa shape index (κ3) is 39.7. The Balaban J connectivity index is 4.61. The third-order valence-corrected chi connectivity index (χ3v) is 9.81. The fraction of sp³-hybridized carbons (Fsp3) is 0.674. The number of aliphatic hydroxyl groups excluding tert-OH is 1. The molecular weight excluding hydrogens is 707 g/mol. The third-order valence-electron chi connectivity index (χ3n) is 8.83. The second kappa shape index (κ2) is 37.3. The van der Waals surface area contributed by atoms with Crippen LogP contribution in [0.25, 0.3) is 0 Å². The largest absolute Gasteiger partial charge is 0.472 e. The highest BCUT2D eigenvalue weighted by Gasteiger charge is 2.27. The maximum atomic E-state index is 12.8. The Labute approximate surface area is 337 Å². The molecule has 0 aromatic carbocycles. The number of hydrogen-bond donors (Lipinski definition) is 3. The zero-order chi connectivity index (χ0) is 40.7. The molecule has 3 unspecified atom stereocenters. The molecule has 9 heteroatoms. The van der Waals surface area contributed by atoms with Crippen molar-refractivity contribution in [2.45, 2.75) is 161 Å². The zero-order valence-corrected chi connectivity index (χ0v) is 36.5. The molecule has 0 heterocycles. The van der Waals surface area contributed by atoms with Crippen LogP contribution in [0.4, 0.5) is 0 Å². The van der Waals surface area contributed by atoms with Gasteiger partial charge in [0, 0.05) is 6.42 Å². The summed E-state index contributed by atoms with van der Waals surface area (Å²) >= 11 is 0. The molecule has 3 atom stereocenters. The molecule has 0 rings (SSSR count). The van der Waals surface area contributed by atoms with E-state index in [0.29, 0.717) is 17.4 Å². The molecular formula is C46H82N2O6P+. The minimum atomic E-state index is -4.36. The molecule has 0 spiro atoms. The number of likely N-dealkylation sites (N-methyl/N-ethyl adjacent to an activating group) is 1. The van der Waals surface area contributed by atoms with E-state index >= 15 is 0 Å². The van der Waals surface area contributed by atoms with Crippen molar-refractivity contribution in [3.63, 3.8) is 0 Å². The van der Waals surface area contributed by atoms with Crippen molar-refractivity contribution < 1.29 is 32.9 Å². The van der Waals surface area contributed by atoms with Gasteiger partial charge in [-0.25, -0.2) is 4.57 Å². The fourth-order valence-corrected chi connectivity index (χ4v) is 6.15. The van der Waals surface area contributed by atoms with E-state index < -0.39 is 20.0 Å². The summed E-state index contributed by atoms with van der Waals surface area (Å²) in [6.07, 6.45) is 50.8. The van der Waals surface area contributed by atoms with Gasteiger partial charge in [0.25, 0.3) is 0 Å². The number of allylic oxidation sites excluding steroid dienone is 13. The number of rotatable bonds is 37. The van der Waals surface area contributed by atoms with Crippen LogP contribution in [0, 0.1) is 0 Å². The van der Waals surface area contributed by atoms with Crippen molar-refractivity contribution in [1.29, 1.82) is 0 Å². The number of phosphoric acid groups is 1. The Hall–Kier alpha value is -2.32. The average Bonchev–Trinajstić information content (AvgIpc) is 3.13. The lowest BCUT2D eigenvalue weighted by atomic mass is 10.1. The van der Waals surface area contributed by atoms with Crippen LogP contribution in [0.15, 0.2) is 85.1 Å². The molecule has 0 radical (unpaired) electrons. The summed E-state index contributed by atoms with van der Waals surface area (Å²) in [4.78, 5) is 23.1. The standard InChI is InChI=1S/C46H81N2O6P/c1-6-8-10-12-14-16-18-20-22-24-26-28-30-32-34-36-38-40-46(50)47-44(43-54-55(51,52)53-42-41-48(3,4)5)45(49)39-37-35-33-31-29-27-25-23-21-19-17-15-13-11-9-7-2/h8,10,14,16,20-23,26,28-29,31,37,39,44-45,49H,6-7,9,11-13,15,17-19,24-25,27,30,32-36,38,40-43H2,1-5H3,(H-,47,50,51,52)/p+1/b10-8-,16-14-,22-20-,23-21+,28-26-,31-29+,39-37+. The summed E-state index contributed by atoms with van der Waals surface area (Å²) in [7, 11) is 1.51. The van der Waals surface area contributed by atoms with Gasteiger partial charge < -0.3 is 19.8 Å². The maximum absolute atomic E-state index is 12.8. The van der Waals surface area contributed by atoms with E-state index in [4.69, 9.17) is 9.05 Å². The molecule has 0 saturated carbocycles. The van der Waals surface area contributed by atoms with Crippen molar-refractivity contribution in [3.05, 3.63) is 85.1 Å². The molecule has 1 amide bonds. The van der Waals surface area contributed by atoms with Crippen LogP contribution < -0.4 is 5.32 Å². The molecule has 0 fully saturated rings. The first-order valence-electron chi connectivity index (χ1n) is 21.5. The normalized spacial score (nSPS) is 15.3. The van der Waals surface area contributed by atoms with Gasteiger partial charge in [-0.05, 0) is 83.5 Å². The van der Waals surface area contributed by atoms with Crippen molar-refractivity contribution in [2.24, 2.45) is 0 Å². The second-order valence-electron chi connectivity index (χ2n) is 15.3. The summed E-state index contributed by atoms with van der Waals surface area (Å²) in [6, 6.07) is -0.886. The van der Waals surface area contributed by atoms with Crippen LogP contribution in [-0.2, 0) is 18.4 Å². The van der Waals surface area contributed by atoms with Crippen LogP contribution >= 0.6 is 7.82 Å². The van der Waals surface area contributed by atoms with Gasteiger partial charge in [0.05, 0.1) is 39.9 Å². The van der Waals surface area contributed by atoms with E-state index in [1.165, 1.54) is 44.9 Å². The monoisotopic (exact) mass is 790 g/mol. The average molecular weight is 790 g/mol. The number of aliphatic hydroxyl groups is 1. The van der Waals surface area contributed by atoms with E-state index in [2.05, 4.69) is 92.1 Å². The fourth-order valence-electron chi connectivity index (χ4n) is 5.41. The van der Waals surface area contributed by atoms with Crippen molar-refractivity contribution in [1.82, 2.24) is 5.32 Å². The van der Waals surface area contributed by atoms with Crippen LogP contribution in [0.5, 0.6) is 0 Å². The highest BCUT2D eigenvalue weighted by Crippen LogP contribution is 2.43. The smallest absolute Gasteiger partial charge is 0.387 e. The van der Waals surface area contributed by atoms with E-state index in [0.717, 1.165) is 83.5 Å². The Morgan fingerprint density at radius 3 is 1.67 bits per heavy atom. The van der Waals surface area contributed by atoms with E-state index in [-0.39, 0.29) is 19.1 Å². The molecule has 0 aliphatic rings. The summed E-state index contributed by atoms with van der Waals surface area (Å²) in [6.45, 7) is 4.61. The van der Waals surface area contributed by atoms with Gasteiger partial charge in [-0.1, -0.05) is 144 Å². The van der Waals surface area contributed by atoms with Crippen LogP contribution in [0.1, 0.15) is 149 Å². The molecule has 3 N–H and O–H groups in total. The summed E-state index contributed by atoms with van der Waals surface area (Å²) in [5.74, 6) is -0.220. The highest BCUT2D eigenvalue weighted by atomic mass is 31.2. The van der Waals surface area contributed by atoms with E-state index in [9.17, 15) is 19.4 Å². The maximum Gasteiger partial charge on any atom is 0.472 e. The lowest BCUT2D eigenvalue weighted by molar-refractivity contribution is -0.870. The second-order valence-corrected chi connectivity index (χ2v) is 16.8. The quantitative estimate of drug-likeness (QED) is 0.0251. The summed E-state index contributed by atoms with van der Waals surface area (Å²) < 4.78 is 23.5. The van der Waals surface area contributed by atoms with Crippen molar-refractivity contribution in [2.75, 3.05) is 40.9 Å². The van der Waals surface area contributed by atoms with Gasteiger partial charge in [-0.15, -0.1) is 0 Å². The molecule has 8 nitrogen and oxygen atoms in total. The van der Waals surface area contributed by atoms with Gasteiger partial charge >= 0.3 is 7.82 Å². The molecule has 0 aliphatic heterocycles.